The van der Waals surface area contributed by atoms with Crippen molar-refractivity contribution >= 4 is 17.9 Å². The molecule has 2 saturated carbocycles. The minimum Gasteiger partial charge on any atom is -0.458 e. The summed E-state index contributed by atoms with van der Waals surface area (Å²) in [6.07, 6.45) is 5.49. The largest absolute Gasteiger partial charge is 0.458 e. The molecule has 228 valence electrons. The molecule has 6 nitrogen and oxygen atoms in total. The molecule has 0 radical (unpaired) electrons. The van der Waals surface area contributed by atoms with E-state index in [-0.39, 0.29) is 34.9 Å². The number of carbonyl (C=O) groups excluding carboxylic acids is 3. The number of ether oxygens (including phenoxy) is 3. The molecule has 0 heterocycles. The molecule has 6 heteroatoms. The van der Waals surface area contributed by atoms with E-state index in [1.807, 2.05) is 42.5 Å². The summed E-state index contributed by atoms with van der Waals surface area (Å²) in [6, 6.07) is 30.7. The molecule has 2 fully saturated rings. The lowest BCUT2D eigenvalue weighted by molar-refractivity contribution is -0.0428. The minimum atomic E-state index is -0.505. The Morgan fingerprint density at radius 3 is 1.76 bits per heavy atom. The van der Waals surface area contributed by atoms with Crippen molar-refractivity contribution in [3.8, 4) is 11.5 Å². The van der Waals surface area contributed by atoms with Crippen LogP contribution >= 0.6 is 0 Å². The standard InChI is InChI=1S/C39H36O6/c1-39-22-21-29-30(32(39)19-20-35(39)45-38(42)27-15-9-4-10-16-27)18-17-28-23-33(43-36(40)25-11-5-2-6-12-25)34(24-31(28)29)44-37(41)26-13-7-3-8-14-26/h2-16,23-24,29-30,32,35H,17-22H2,1H3/t29?,30?,32?,35-,39-/m0/s1. The molecule has 45 heavy (non-hydrogen) atoms. The molecule has 5 atom stereocenters. The van der Waals surface area contributed by atoms with Crippen LogP contribution in [0.4, 0.5) is 0 Å². The van der Waals surface area contributed by atoms with E-state index in [4.69, 9.17) is 14.2 Å². The van der Waals surface area contributed by atoms with Gasteiger partial charge in [0.05, 0.1) is 16.7 Å². The summed E-state index contributed by atoms with van der Waals surface area (Å²) >= 11 is 0. The third-order valence-corrected chi connectivity index (χ3v) is 10.4. The van der Waals surface area contributed by atoms with Gasteiger partial charge in [-0.25, -0.2) is 14.4 Å². The highest BCUT2D eigenvalue weighted by atomic mass is 16.6. The molecule has 0 aromatic heterocycles. The van der Waals surface area contributed by atoms with E-state index in [1.54, 1.807) is 60.7 Å². The van der Waals surface area contributed by atoms with Gasteiger partial charge in [0.15, 0.2) is 11.5 Å². The van der Waals surface area contributed by atoms with Crippen molar-refractivity contribution in [3.63, 3.8) is 0 Å². The molecule has 4 aromatic rings. The summed E-state index contributed by atoms with van der Waals surface area (Å²) in [6.45, 7) is 2.30. The Kier molecular flexibility index (Phi) is 7.74. The van der Waals surface area contributed by atoms with Crippen molar-refractivity contribution in [2.45, 2.75) is 57.5 Å². The molecule has 0 spiro atoms. The Balaban J connectivity index is 1.17. The second-order valence-corrected chi connectivity index (χ2v) is 12.8. The van der Waals surface area contributed by atoms with Crippen LogP contribution in [0.25, 0.3) is 0 Å². The van der Waals surface area contributed by atoms with Crippen molar-refractivity contribution in [3.05, 3.63) is 131 Å². The van der Waals surface area contributed by atoms with Gasteiger partial charge in [0.2, 0.25) is 0 Å². The zero-order valence-corrected chi connectivity index (χ0v) is 25.3. The normalized spacial score (nSPS) is 24.8. The van der Waals surface area contributed by atoms with Gasteiger partial charge in [-0.2, -0.15) is 0 Å². The number of aryl methyl sites for hydroxylation is 1. The van der Waals surface area contributed by atoms with Crippen LogP contribution in [-0.2, 0) is 11.2 Å². The number of benzene rings is 4. The first kappa shape index (κ1) is 29.0. The number of rotatable bonds is 6. The van der Waals surface area contributed by atoms with Crippen LogP contribution in [-0.4, -0.2) is 24.0 Å². The zero-order valence-electron chi connectivity index (χ0n) is 25.3. The highest BCUT2D eigenvalue weighted by Gasteiger charge is 2.56. The van der Waals surface area contributed by atoms with Gasteiger partial charge in [0.25, 0.3) is 0 Å². The summed E-state index contributed by atoms with van der Waals surface area (Å²) in [5, 5.41) is 0. The maximum atomic E-state index is 13.2. The van der Waals surface area contributed by atoms with Gasteiger partial charge in [-0.1, -0.05) is 61.5 Å². The summed E-state index contributed by atoms with van der Waals surface area (Å²) in [5.41, 5.74) is 3.63. The summed E-state index contributed by atoms with van der Waals surface area (Å²) in [5.74, 6) is 0.369. The molecule has 0 bridgehead atoms. The van der Waals surface area contributed by atoms with E-state index in [9.17, 15) is 14.4 Å². The number of fused-ring (bicyclic) bond motifs is 5. The fraction of sp³-hybridized carbons (Fsp3) is 0.308. The number of esters is 3. The Bertz CT molecular complexity index is 1720. The molecular formula is C39H36O6. The Labute approximate surface area is 263 Å². The smallest absolute Gasteiger partial charge is 0.343 e. The lowest BCUT2D eigenvalue weighted by Crippen LogP contribution is -2.45. The van der Waals surface area contributed by atoms with Crippen LogP contribution in [0.5, 0.6) is 11.5 Å². The summed E-state index contributed by atoms with van der Waals surface area (Å²) < 4.78 is 18.0. The molecular weight excluding hydrogens is 564 g/mol. The fourth-order valence-electron chi connectivity index (χ4n) is 8.12. The topological polar surface area (TPSA) is 78.9 Å². The van der Waals surface area contributed by atoms with Crippen molar-refractivity contribution in [1.29, 1.82) is 0 Å². The molecule has 4 aromatic carbocycles. The van der Waals surface area contributed by atoms with Crippen molar-refractivity contribution in [2.24, 2.45) is 17.3 Å². The molecule has 0 amide bonds. The average Bonchev–Trinajstić information content (AvgIpc) is 3.41. The lowest BCUT2D eigenvalue weighted by atomic mass is 9.55. The Morgan fingerprint density at radius 2 is 1.18 bits per heavy atom. The number of hydrogen-bond donors (Lipinski definition) is 0. The van der Waals surface area contributed by atoms with Gasteiger partial charge >= 0.3 is 17.9 Å². The maximum absolute atomic E-state index is 13.2. The van der Waals surface area contributed by atoms with Crippen molar-refractivity contribution in [1.82, 2.24) is 0 Å². The Hall–Kier alpha value is -4.71. The molecule has 0 N–H and O–H groups in total. The minimum absolute atomic E-state index is 0.0864. The van der Waals surface area contributed by atoms with E-state index in [2.05, 4.69) is 6.92 Å². The summed E-state index contributed by atoms with van der Waals surface area (Å²) in [7, 11) is 0. The molecule has 0 aliphatic heterocycles. The van der Waals surface area contributed by atoms with Gasteiger partial charge < -0.3 is 14.2 Å². The fourth-order valence-corrected chi connectivity index (χ4v) is 8.12. The van der Waals surface area contributed by atoms with Crippen LogP contribution in [0.3, 0.4) is 0 Å². The second kappa shape index (κ2) is 12.0. The molecule has 3 aliphatic rings. The summed E-state index contributed by atoms with van der Waals surface area (Å²) in [4.78, 5) is 39.3. The van der Waals surface area contributed by atoms with E-state index < -0.39 is 11.9 Å². The van der Waals surface area contributed by atoms with Crippen LogP contribution in [0.15, 0.2) is 103 Å². The third kappa shape index (κ3) is 5.54. The van der Waals surface area contributed by atoms with E-state index in [0.29, 0.717) is 28.5 Å². The average molecular weight is 601 g/mol. The lowest BCUT2D eigenvalue weighted by Gasteiger charge is -2.50. The zero-order chi connectivity index (χ0) is 31.0. The predicted molar refractivity (Wildman–Crippen MR) is 170 cm³/mol. The molecule has 0 saturated heterocycles. The quantitative estimate of drug-likeness (QED) is 0.164. The van der Waals surface area contributed by atoms with E-state index in [0.717, 1.165) is 49.7 Å². The first-order valence-corrected chi connectivity index (χ1v) is 15.9. The van der Waals surface area contributed by atoms with Crippen LogP contribution < -0.4 is 9.47 Å². The van der Waals surface area contributed by atoms with Gasteiger partial charge in [-0.15, -0.1) is 0 Å². The monoisotopic (exact) mass is 600 g/mol. The van der Waals surface area contributed by atoms with Gasteiger partial charge in [0, 0.05) is 5.41 Å². The molecule has 7 rings (SSSR count). The maximum Gasteiger partial charge on any atom is 0.343 e. The van der Waals surface area contributed by atoms with Crippen LogP contribution in [0, 0.1) is 17.3 Å². The van der Waals surface area contributed by atoms with Gasteiger partial charge in [-0.05, 0) is 116 Å². The SMILES string of the molecule is C[C@]12CCC3c4cc(OC(=O)c5ccccc5)c(OC(=O)c5ccccc5)cc4CCC3C1CC[C@@H]2OC(=O)c1ccccc1. The second-order valence-electron chi connectivity index (χ2n) is 12.8. The number of carbonyl (C=O) groups is 3. The van der Waals surface area contributed by atoms with E-state index >= 15 is 0 Å². The predicted octanol–water partition coefficient (Wildman–Crippen LogP) is 8.21. The highest BCUT2D eigenvalue weighted by molar-refractivity contribution is 5.93. The number of hydrogen-bond acceptors (Lipinski definition) is 6. The molecule has 3 aliphatic carbocycles. The Morgan fingerprint density at radius 1 is 0.644 bits per heavy atom. The first-order chi connectivity index (χ1) is 21.9. The molecule has 3 unspecified atom stereocenters. The van der Waals surface area contributed by atoms with Crippen molar-refractivity contribution < 1.29 is 28.6 Å². The van der Waals surface area contributed by atoms with Crippen LogP contribution in [0.1, 0.15) is 87.1 Å². The first-order valence-electron chi connectivity index (χ1n) is 15.9. The van der Waals surface area contributed by atoms with Crippen molar-refractivity contribution in [2.75, 3.05) is 0 Å². The van der Waals surface area contributed by atoms with Gasteiger partial charge in [-0.3, -0.25) is 0 Å². The van der Waals surface area contributed by atoms with E-state index in [1.165, 1.54) is 0 Å². The third-order valence-electron chi connectivity index (χ3n) is 10.4. The van der Waals surface area contributed by atoms with Gasteiger partial charge in [0.1, 0.15) is 6.10 Å². The highest BCUT2D eigenvalue weighted by Crippen LogP contribution is 2.62. The van der Waals surface area contributed by atoms with Crippen LogP contribution in [0.2, 0.25) is 0 Å².